The average molecular weight is 256 g/mol. The second kappa shape index (κ2) is 6.44. The number of aliphatic hydroxyl groups excluding tert-OH is 1. The van der Waals surface area contributed by atoms with Gasteiger partial charge < -0.3 is 20.5 Å². The van der Waals surface area contributed by atoms with Crippen LogP contribution in [0.4, 0.5) is 15.8 Å². The Morgan fingerprint density at radius 1 is 1.44 bits per heavy atom. The van der Waals surface area contributed by atoms with E-state index in [9.17, 15) is 4.39 Å². The van der Waals surface area contributed by atoms with Crippen LogP contribution in [0, 0.1) is 5.82 Å². The Labute approximate surface area is 107 Å². The first kappa shape index (κ1) is 14.6. The van der Waals surface area contributed by atoms with Crippen LogP contribution in [0.1, 0.15) is 20.3 Å². The number of ether oxygens (including phenoxy) is 1. The van der Waals surface area contributed by atoms with E-state index in [1.165, 1.54) is 13.2 Å². The molecule has 0 bridgehead atoms. The maximum absolute atomic E-state index is 13.5. The zero-order valence-electron chi connectivity index (χ0n) is 11.1. The van der Waals surface area contributed by atoms with Gasteiger partial charge in [0.2, 0.25) is 0 Å². The van der Waals surface area contributed by atoms with E-state index in [0.717, 1.165) is 5.69 Å². The van der Waals surface area contributed by atoms with Crippen LogP contribution in [0.25, 0.3) is 0 Å². The molecule has 0 atom stereocenters. The van der Waals surface area contributed by atoms with E-state index in [0.29, 0.717) is 18.7 Å². The number of anilines is 2. The van der Waals surface area contributed by atoms with E-state index in [-0.39, 0.29) is 18.4 Å². The molecule has 0 fully saturated rings. The van der Waals surface area contributed by atoms with Crippen molar-refractivity contribution in [2.24, 2.45) is 0 Å². The maximum atomic E-state index is 13.5. The lowest BCUT2D eigenvalue weighted by atomic mass is 10.2. The third kappa shape index (κ3) is 3.26. The first-order chi connectivity index (χ1) is 8.51. The number of nitrogens with zero attached hydrogens (tertiary/aromatic N) is 1. The lowest BCUT2D eigenvalue weighted by Crippen LogP contribution is -2.32. The average Bonchev–Trinajstić information content (AvgIpc) is 2.31. The molecule has 1 aromatic rings. The van der Waals surface area contributed by atoms with E-state index in [1.807, 2.05) is 18.7 Å². The fourth-order valence-corrected chi connectivity index (χ4v) is 1.86. The van der Waals surface area contributed by atoms with Crippen molar-refractivity contribution in [3.05, 3.63) is 17.9 Å². The van der Waals surface area contributed by atoms with Crippen molar-refractivity contribution < 1.29 is 14.2 Å². The third-order valence-electron chi connectivity index (χ3n) is 2.79. The number of hydrogen-bond acceptors (Lipinski definition) is 4. The summed E-state index contributed by atoms with van der Waals surface area (Å²) in [6.45, 7) is 4.81. The minimum Gasteiger partial charge on any atom is -0.494 e. The van der Waals surface area contributed by atoms with Crippen LogP contribution in [0.5, 0.6) is 5.75 Å². The molecule has 102 valence electrons. The van der Waals surface area contributed by atoms with E-state index in [1.54, 1.807) is 6.07 Å². The first-order valence-corrected chi connectivity index (χ1v) is 6.01. The maximum Gasteiger partial charge on any atom is 0.167 e. The molecule has 0 aliphatic heterocycles. The van der Waals surface area contributed by atoms with E-state index in [2.05, 4.69) is 0 Å². The van der Waals surface area contributed by atoms with Crippen molar-refractivity contribution >= 4 is 11.4 Å². The Morgan fingerprint density at radius 2 is 2.11 bits per heavy atom. The van der Waals surface area contributed by atoms with Crippen LogP contribution in [-0.2, 0) is 0 Å². The second-order valence-electron chi connectivity index (χ2n) is 4.41. The van der Waals surface area contributed by atoms with Gasteiger partial charge in [0, 0.05) is 31.3 Å². The predicted octanol–water partition coefficient (Wildman–Crippen LogP) is 2.01. The Kier molecular flexibility index (Phi) is 5.22. The molecule has 0 saturated carbocycles. The molecule has 0 aliphatic carbocycles. The lowest BCUT2D eigenvalue weighted by Gasteiger charge is -2.30. The normalized spacial score (nSPS) is 10.8. The van der Waals surface area contributed by atoms with Crippen molar-refractivity contribution in [2.45, 2.75) is 26.3 Å². The summed E-state index contributed by atoms with van der Waals surface area (Å²) in [4.78, 5) is 2.02. The number of nitrogen functional groups attached to an aromatic ring is 1. The topological polar surface area (TPSA) is 58.7 Å². The first-order valence-electron chi connectivity index (χ1n) is 6.01. The fraction of sp³-hybridized carbons (Fsp3) is 0.538. The molecular formula is C13H21FN2O2. The van der Waals surface area contributed by atoms with E-state index >= 15 is 0 Å². The molecular weight excluding hydrogens is 235 g/mol. The van der Waals surface area contributed by atoms with E-state index < -0.39 is 5.82 Å². The van der Waals surface area contributed by atoms with Gasteiger partial charge in [-0.2, -0.15) is 0 Å². The molecule has 1 rings (SSSR count). The summed E-state index contributed by atoms with van der Waals surface area (Å²) in [7, 11) is 1.42. The van der Waals surface area contributed by atoms with Crippen LogP contribution in [0.3, 0.4) is 0 Å². The molecule has 0 aromatic heterocycles. The molecule has 1 aromatic carbocycles. The SMILES string of the molecule is COc1cc(N(CCCO)C(C)C)c(N)cc1F. The molecule has 0 unspecified atom stereocenters. The van der Waals surface area contributed by atoms with Gasteiger partial charge >= 0.3 is 0 Å². The lowest BCUT2D eigenvalue weighted by molar-refractivity contribution is 0.288. The molecule has 0 amide bonds. The van der Waals surface area contributed by atoms with Crippen LogP contribution in [-0.4, -0.2) is 31.4 Å². The molecule has 0 radical (unpaired) electrons. The van der Waals surface area contributed by atoms with Gasteiger partial charge in [0.15, 0.2) is 11.6 Å². The molecule has 3 N–H and O–H groups in total. The van der Waals surface area contributed by atoms with Crippen LogP contribution >= 0.6 is 0 Å². The third-order valence-corrected chi connectivity index (χ3v) is 2.79. The Hall–Kier alpha value is -1.49. The number of hydrogen-bond donors (Lipinski definition) is 2. The number of aliphatic hydroxyl groups is 1. The summed E-state index contributed by atoms with van der Waals surface area (Å²) in [5, 5.41) is 8.92. The minimum atomic E-state index is -0.468. The summed E-state index contributed by atoms with van der Waals surface area (Å²) in [6, 6.07) is 3.07. The predicted molar refractivity (Wildman–Crippen MR) is 71.5 cm³/mol. The summed E-state index contributed by atoms with van der Waals surface area (Å²) >= 11 is 0. The molecule has 0 aliphatic rings. The van der Waals surface area contributed by atoms with Gasteiger partial charge in [0.05, 0.1) is 18.5 Å². The minimum absolute atomic E-state index is 0.113. The second-order valence-corrected chi connectivity index (χ2v) is 4.41. The fourth-order valence-electron chi connectivity index (χ4n) is 1.86. The molecule has 4 nitrogen and oxygen atoms in total. The van der Waals surface area contributed by atoms with Gasteiger partial charge in [-0.1, -0.05) is 0 Å². The highest BCUT2D eigenvalue weighted by Crippen LogP contribution is 2.32. The zero-order chi connectivity index (χ0) is 13.7. The molecule has 0 saturated heterocycles. The monoisotopic (exact) mass is 256 g/mol. The highest BCUT2D eigenvalue weighted by molar-refractivity contribution is 5.70. The largest absolute Gasteiger partial charge is 0.494 e. The van der Waals surface area contributed by atoms with Gasteiger partial charge in [-0.25, -0.2) is 4.39 Å². The number of halogens is 1. The summed E-state index contributed by atoms with van der Waals surface area (Å²) in [5.74, 6) is -0.293. The molecule has 0 heterocycles. The highest BCUT2D eigenvalue weighted by Gasteiger charge is 2.16. The van der Waals surface area contributed by atoms with Crippen molar-refractivity contribution in [1.29, 1.82) is 0 Å². The van der Waals surface area contributed by atoms with Gasteiger partial charge in [-0.05, 0) is 20.3 Å². The Balaban J connectivity index is 3.10. The smallest absolute Gasteiger partial charge is 0.167 e. The molecule has 5 heteroatoms. The van der Waals surface area contributed by atoms with Gasteiger partial charge in [-0.15, -0.1) is 0 Å². The molecule has 18 heavy (non-hydrogen) atoms. The number of nitrogens with two attached hydrogens (primary N) is 1. The summed E-state index contributed by atoms with van der Waals surface area (Å²) < 4.78 is 18.5. The number of rotatable bonds is 6. The van der Waals surface area contributed by atoms with Gasteiger partial charge in [0.25, 0.3) is 0 Å². The Morgan fingerprint density at radius 3 is 2.61 bits per heavy atom. The van der Waals surface area contributed by atoms with Crippen LogP contribution in [0.15, 0.2) is 12.1 Å². The zero-order valence-corrected chi connectivity index (χ0v) is 11.1. The van der Waals surface area contributed by atoms with Crippen LogP contribution in [0.2, 0.25) is 0 Å². The van der Waals surface area contributed by atoms with Crippen molar-refractivity contribution in [1.82, 2.24) is 0 Å². The van der Waals surface area contributed by atoms with Gasteiger partial charge in [0.1, 0.15) is 0 Å². The van der Waals surface area contributed by atoms with E-state index in [4.69, 9.17) is 15.6 Å². The van der Waals surface area contributed by atoms with Crippen molar-refractivity contribution in [3.63, 3.8) is 0 Å². The number of benzene rings is 1. The van der Waals surface area contributed by atoms with Gasteiger partial charge in [-0.3, -0.25) is 0 Å². The highest BCUT2D eigenvalue weighted by atomic mass is 19.1. The van der Waals surface area contributed by atoms with Crippen molar-refractivity contribution in [3.8, 4) is 5.75 Å². The quantitative estimate of drug-likeness (QED) is 0.764. The summed E-state index contributed by atoms with van der Waals surface area (Å²) in [6.07, 6.45) is 0.636. The van der Waals surface area contributed by atoms with Crippen molar-refractivity contribution in [2.75, 3.05) is 30.9 Å². The Bertz CT molecular complexity index is 397. The van der Waals surface area contributed by atoms with Crippen LogP contribution < -0.4 is 15.4 Å². The number of methoxy groups -OCH3 is 1. The molecule has 0 spiro atoms. The summed E-state index contributed by atoms with van der Waals surface area (Å²) in [5.41, 5.74) is 6.96. The standard InChI is InChI=1S/C13H21FN2O2/c1-9(2)16(5-4-6-17)12-8-13(18-3)10(14)7-11(12)15/h7-9,17H,4-6,15H2,1-3H3.